The molecule has 1 aromatic heterocycles. The van der Waals surface area contributed by atoms with E-state index in [2.05, 4.69) is 35.4 Å². The molecule has 6 nitrogen and oxygen atoms in total. The van der Waals surface area contributed by atoms with E-state index in [-0.39, 0.29) is 29.7 Å². The highest BCUT2D eigenvalue weighted by atomic mass is 32.1. The molecular weight excluding hydrogens is 410 g/mol. The summed E-state index contributed by atoms with van der Waals surface area (Å²) in [6, 6.07) is 11.7. The predicted molar refractivity (Wildman–Crippen MR) is 124 cm³/mol. The fourth-order valence-electron chi connectivity index (χ4n) is 4.47. The largest absolute Gasteiger partial charge is 0.383 e. The average molecular weight is 440 g/mol. The van der Waals surface area contributed by atoms with Crippen LogP contribution in [0.15, 0.2) is 53.0 Å². The van der Waals surface area contributed by atoms with E-state index in [1.165, 1.54) is 0 Å². The molecular formula is C24H29N3O3S. The van der Waals surface area contributed by atoms with Crippen molar-refractivity contribution >= 4 is 34.4 Å². The molecule has 1 aromatic carbocycles. The fraction of sp³-hybridized carbons (Fsp3) is 0.417. The smallest absolute Gasteiger partial charge is 0.239 e. The maximum Gasteiger partial charge on any atom is 0.239 e. The Kier molecular flexibility index (Phi) is 6.16. The lowest BCUT2D eigenvalue weighted by Gasteiger charge is -2.37. The number of anilines is 2. The van der Waals surface area contributed by atoms with E-state index in [1.807, 2.05) is 35.7 Å². The molecule has 1 atom stereocenters. The lowest BCUT2D eigenvalue weighted by molar-refractivity contribution is -0.121. The van der Waals surface area contributed by atoms with Crippen LogP contribution in [0, 0.1) is 5.41 Å². The number of ketones is 1. The minimum absolute atomic E-state index is 0.0963. The molecule has 31 heavy (non-hydrogen) atoms. The van der Waals surface area contributed by atoms with E-state index in [4.69, 9.17) is 4.74 Å². The average Bonchev–Trinajstić information content (AvgIpc) is 3.19. The number of Topliss-reactive ketones (excluding diaryl/α,β-unsaturated/α-hetero) is 1. The number of amides is 1. The lowest BCUT2D eigenvalue weighted by atomic mass is 9.74. The molecule has 2 N–H and O–H groups in total. The van der Waals surface area contributed by atoms with E-state index in [9.17, 15) is 9.59 Å². The zero-order valence-corrected chi connectivity index (χ0v) is 19.1. The van der Waals surface area contributed by atoms with Crippen LogP contribution in [-0.4, -0.2) is 38.5 Å². The quantitative estimate of drug-likeness (QED) is 0.663. The maximum absolute atomic E-state index is 13.5. The molecule has 2 aromatic rings. The summed E-state index contributed by atoms with van der Waals surface area (Å²) in [7, 11) is 1.61. The van der Waals surface area contributed by atoms with Crippen molar-refractivity contribution < 1.29 is 14.3 Å². The summed E-state index contributed by atoms with van der Waals surface area (Å²) < 4.78 is 5.05. The van der Waals surface area contributed by atoms with Crippen molar-refractivity contribution in [2.45, 2.75) is 32.7 Å². The Morgan fingerprint density at radius 2 is 2.06 bits per heavy atom. The number of carbonyl (C=O) groups is 2. The molecule has 0 fully saturated rings. The first-order chi connectivity index (χ1) is 14.9. The molecule has 0 spiro atoms. The Morgan fingerprint density at radius 3 is 2.81 bits per heavy atom. The SMILES string of the molecule is COCCNC(=O)CN1c2ccccc2NC2=C(C(=O)CC(C)(C)C2)C1c1cccs1. The number of benzene rings is 1. The van der Waals surface area contributed by atoms with Crippen LogP contribution >= 0.6 is 11.3 Å². The number of methoxy groups -OCH3 is 1. The van der Waals surface area contributed by atoms with Gasteiger partial charge in [-0.3, -0.25) is 9.59 Å². The molecule has 2 aliphatic rings. The van der Waals surface area contributed by atoms with E-state index < -0.39 is 0 Å². The van der Waals surface area contributed by atoms with Crippen molar-refractivity contribution in [3.63, 3.8) is 0 Å². The number of carbonyl (C=O) groups excluding carboxylic acids is 2. The number of hydrogen-bond acceptors (Lipinski definition) is 6. The summed E-state index contributed by atoms with van der Waals surface area (Å²) in [6.07, 6.45) is 1.29. The number of hydrogen-bond donors (Lipinski definition) is 2. The Bertz CT molecular complexity index is 997. The third-order valence-corrected chi connectivity index (χ3v) is 6.68. The molecule has 4 rings (SSSR count). The normalized spacial score (nSPS) is 19.9. The summed E-state index contributed by atoms with van der Waals surface area (Å²) in [5, 5.41) is 8.51. The standard InChI is InChI=1S/C24H29N3O3S/c1-24(2)13-17-22(19(28)14-24)23(20-9-6-12-31-20)27(15-21(29)25-10-11-30-3)18-8-5-4-7-16(18)26-17/h4-9,12,23,26H,10-11,13-15H2,1-3H3,(H,25,29). The van der Waals surface area contributed by atoms with Gasteiger partial charge in [0.1, 0.15) is 0 Å². The van der Waals surface area contributed by atoms with Crippen LogP contribution in [0.3, 0.4) is 0 Å². The van der Waals surface area contributed by atoms with Gasteiger partial charge in [0.15, 0.2) is 5.78 Å². The first kappa shape index (κ1) is 21.6. The number of nitrogens with zero attached hydrogens (tertiary/aromatic N) is 1. The number of ether oxygens (including phenoxy) is 1. The highest BCUT2D eigenvalue weighted by Crippen LogP contribution is 2.48. The molecule has 1 amide bonds. The number of para-hydroxylation sites is 2. The Hall–Kier alpha value is -2.64. The summed E-state index contributed by atoms with van der Waals surface area (Å²) in [4.78, 5) is 29.4. The minimum Gasteiger partial charge on any atom is -0.383 e. The van der Waals surface area contributed by atoms with Gasteiger partial charge in [0.2, 0.25) is 5.91 Å². The van der Waals surface area contributed by atoms with Gasteiger partial charge in [0.05, 0.1) is 30.6 Å². The fourth-order valence-corrected chi connectivity index (χ4v) is 5.32. The van der Waals surface area contributed by atoms with Crippen molar-refractivity contribution in [1.29, 1.82) is 0 Å². The highest BCUT2D eigenvalue weighted by molar-refractivity contribution is 7.10. The van der Waals surface area contributed by atoms with Crippen molar-refractivity contribution in [2.24, 2.45) is 5.41 Å². The van der Waals surface area contributed by atoms with Crippen LogP contribution < -0.4 is 15.5 Å². The van der Waals surface area contributed by atoms with Crippen LogP contribution in [-0.2, 0) is 14.3 Å². The van der Waals surface area contributed by atoms with E-state index in [1.54, 1.807) is 18.4 Å². The zero-order chi connectivity index (χ0) is 22.0. The van der Waals surface area contributed by atoms with Crippen LogP contribution in [0.4, 0.5) is 11.4 Å². The van der Waals surface area contributed by atoms with Gasteiger partial charge in [0, 0.05) is 36.2 Å². The molecule has 2 heterocycles. The van der Waals surface area contributed by atoms with Crippen LogP contribution in [0.1, 0.15) is 37.6 Å². The number of thiophene rings is 1. The third kappa shape index (κ3) is 4.52. The molecule has 1 unspecified atom stereocenters. The first-order valence-electron chi connectivity index (χ1n) is 10.6. The maximum atomic E-state index is 13.5. The van der Waals surface area contributed by atoms with Crippen molar-refractivity contribution in [1.82, 2.24) is 5.32 Å². The van der Waals surface area contributed by atoms with Gasteiger partial charge >= 0.3 is 0 Å². The van der Waals surface area contributed by atoms with Crippen LogP contribution in [0.2, 0.25) is 0 Å². The van der Waals surface area contributed by atoms with Crippen LogP contribution in [0.25, 0.3) is 0 Å². The molecule has 0 radical (unpaired) electrons. The summed E-state index contributed by atoms with van der Waals surface area (Å²) in [5.74, 6) is 0.0517. The molecule has 7 heteroatoms. The molecule has 1 aliphatic heterocycles. The monoisotopic (exact) mass is 439 g/mol. The number of nitrogens with one attached hydrogen (secondary N) is 2. The number of allylic oxidation sites excluding steroid dienone is 1. The van der Waals surface area contributed by atoms with Gasteiger partial charge in [-0.2, -0.15) is 0 Å². The van der Waals surface area contributed by atoms with Gasteiger partial charge in [-0.1, -0.05) is 32.0 Å². The van der Waals surface area contributed by atoms with Crippen molar-refractivity contribution in [3.05, 3.63) is 57.9 Å². The Balaban J connectivity index is 1.82. The second kappa shape index (κ2) is 8.85. The second-order valence-electron chi connectivity index (χ2n) is 8.86. The Morgan fingerprint density at radius 1 is 1.26 bits per heavy atom. The minimum atomic E-state index is -0.303. The van der Waals surface area contributed by atoms with Crippen LogP contribution in [0.5, 0.6) is 0 Å². The third-order valence-electron chi connectivity index (χ3n) is 5.76. The molecule has 0 saturated carbocycles. The molecule has 164 valence electrons. The molecule has 1 aliphatic carbocycles. The van der Waals surface area contributed by atoms with Gasteiger partial charge in [-0.05, 0) is 35.4 Å². The zero-order valence-electron chi connectivity index (χ0n) is 18.2. The summed E-state index contributed by atoms with van der Waals surface area (Å²) >= 11 is 1.62. The Labute approximate surface area is 187 Å². The van der Waals surface area contributed by atoms with E-state index in [0.29, 0.717) is 19.6 Å². The first-order valence-corrected chi connectivity index (χ1v) is 11.5. The van der Waals surface area contributed by atoms with E-state index in [0.717, 1.165) is 33.9 Å². The molecule has 0 saturated heterocycles. The summed E-state index contributed by atoms with van der Waals surface area (Å²) in [5.41, 5.74) is 3.48. The van der Waals surface area contributed by atoms with Gasteiger partial charge in [0.25, 0.3) is 0 Å². The van der Waals surface area contributed by atoms with Crippen molar-refractivity contribution in [3.8, 4) is 0 Å². The predicted octanol–water partition coefficient (Wildman–Crippen LogP) is 4.13. The number of rotatable bonds is 6. The topological polar surface area (TPSA) is 70.7 Å². The number of fused-ring (bicyclic) bond motifs is 1. The van der Waals surface area contributed by atoms with Gasteiger partial charge in [-0.25, -0.2) is 0 Å². The van der Waals surface area contributed by atoms with Gasteiger partial charge < -0.3 is 20.3 Å². The summed E-state index contributed by atoms with van der Waals surface area (Å²) in [6.45, 7) is 5.33. The van der Waals surface area contributed by atoms with E-state index >= 15 is 0 Å². The van der Waals surface area contributed by atoms with Gasteiger partial charge in [-0.15, -0.1) is 11.3 Å². The molecule has 0 bridgehead atoms. The van der Waals surface area contributed by atoms with Crippen molar-refractivity contribution in [2.75, 3.05) is 37.0 Å². The second-order valence-corrected chi connectivity index (χ2v) is 9.84. The highest BCUT2D eigenvalue weighted by Gasteiger charge is 2.42. The lowest BCUT2D eigenvalue weighted by Crippen LogP contribution is -2.42.